The van der Waals surface area contributed by atoms with Crippen LogP contribution in [0, 0.1) is 0 Å². The minimum Gasteiger partial charge on any atom is -0.497 e. The fourth-order valence-electron chi connectivity index (χ4n) is 2.16. The molecular weight excluding hydrogens is 320 g/mol. The van der Waals surface area contributed by atoms with Gasteiger partial charge in [0.1, 0.15) is 12.1 Å². The first-order valence-corrected chi connectivity index (χ1v) is 8.47. The van der Waals surface area contributed by atoms with E-state index in [4.69, 9.17) is 4.74 Å². The van der Waals surface area contributed by atoms with Crippen molar-refractivity contribution in [2.75, 3.05) is 12.5 Å². The third kappa shape index (κ3) is 3.54. The van der Waals surface area contributed by atoms with Crippen molar-refractivity contribution in [3.05, 3.63) is 47.1 Å². The minimum absolute atomic E-state index is 0.0923. The first-order valence-electron chi connectivity index (χ1n) is 7.65. The molecule has 0 fully saturated rings. The lowest BCUT2D eigenvalue weighted by atomic mass is 9.95. The van der Waals surface area contributed by atoms with Crippen molar-refractivity contribution in [3.63, 3.8) is 0 Å². The molecule has 0 saturated carbocycles. The molecule has 2 aromatic heterocycles. The van der Waals surface area contributed by atoms with E-state index in [-0.39, 0.29) is 5.41 Å². The van der Waals surface area contributed by atoms with Gasteiger partial charge in [0.15, 0.2) is 5.82 Å². The molecule has 1 N–H and O–H groups in total. The number of nitrogens with one attached hydrogen (secondary N) is 1. The molecule has 3 aromatic rings. The monoisotopic (exact) mass is 340 g/mol. The van der Waals surface area contributed by atoms with Gasteiger partial charge in [0.05, 0.1) is 23.5 Å². The fraction of sp³-hybridized carbons (Fsp3) is 0.278. The molecule has 0 aliphatic rings. The summed E-state index contributed by atoms with van der Waals surface area (Å²) in [6.45, 7) is 6.58. The third-order valence-electron chi connectivity index (χ3n) is 3.55. The zero-order chi connectivity index (χ0) is 17.2. The molecule has 2 heterocycles. The topological polar surface area (TPSA) is 59.4 Å². The Morgan fingerprint density at radius 2 is 1.92 bits per heavy atom. The Balaban J connectivity index is 1.81. The molecule has 6 heteroatoms. The second kappa shape index (κ2) is 6.57. The van der Waals surface area contributed by atoms with Crippen LogP contribution < -0.4 is 10.2 Å². The normalized spacial score (nSPS) is 12.0. The van der Waals surface area contributed by atoms with Crippen LogP contribution in [0.5, 0.6) is 5.75 Å². The third-order valence-corrected chi connectivity index (χ3v) is 5.11. The molecule has 5 nitrogen and oxygen atoms in total. The van der Waals surface area contributed by atoms with Gasteiger partial charge in [0, 0.05) is 4.88 Å². The largest absolute Gasteiger partial charge is 0.497 e. The molecule has 0 amide bonds. The number of methoxy groups -OCH3 is 1. The quantitative estimate of drug-likeness (QED) is 0.563. The maximum Gasteiger partial charge on any atom is 0.167 e. The highest BCUT2D eigenvalue weighted by Gasteiger charge is 2.18. The van der Waals surface area contributed by atoms with E-state index < -0.39 is 0 Å². The van der Waals surface area contributed by atoms with Gasteiger partial charge in [-0.2, -0.15) is 5.10 Å². The van der Waals surface area contributed by atoms with E-state index in [0.717, 1.165) is 27.3 Å². The lowest BCUT2D eigenvalue weighted by molar-refractivity contribution is 0.415. The van der Waals surface area contributed by atoms with Gasteiger partial charge in [-0.1, -0.05) is 20.8 Å². The number of thiophene rings is 1. The highest BCUT2D eigenvalue weighted by atomic mass is 32.1. The van der Waals surface area contributed by atoms with Crippen LogP contribution in [0.3, 0.4) is 0 Å². The number of rotatable bonds is 4. The summed E-state index contributed by atoms with van der Waals surface area (Å²) in [6.07, 6.45) is 3.32. The van der Waals surface area contributed by atoms with E-state index in [0.29, 0.717) is 0 Å². The van der Waals surface area contributed by atoms with Gasteiger partial charge < -0.3 is 4.74 Å². The number of benzene rings is 1. The summed E-state index contributed by atoms with van der Waals surface area (Å²) >= 11 is 1.70. The van der Waals surface area contributed by atoms with Crippen LogP contribution in [-0.4, -0.2) is 23.3 Å². The summed E-state index contributed by atoms with van der Waals surface area (Å²) in [5.74, 6) is 1.55. The number of fused-ring (bicyclic) bond motifs is 1. The molecule has 0 unspecified atom stereocenters. The highest BCUT2D eigenvalue weighted by molar-refractivity contribution is 7.19. The number of nitrogens with zero attached hydrogens (tertiary/aromatic N) is 3. The number of hydrogen-bond donors (Lipinski definition) is 1. The lowest BCUT2D eigenvalue weighted by Gasteiger charge is -2.14. The van der Waals surface area contributed by atoms with Crippen molar-refractivity contribution >= 4 is 33.6 Å². The summed E-state index contributed by atoms with van der Waals surface area (Å²) < 4.78 is 6.17. The van der Waals surface area contributed by atoms with Crippen LogP contribution in [0.15, 0.2) is 41.8 Å². The van der Waals surface area contributed by atoms with Crippen molar-refractivity contribution in [2.24, 2.45) is 5.10 Å². The predicted molar refractivity (Wildman–Crippen MR) is 100 cm³/mol. The summed E-state index contributed by atoms with van der Waals surface area (Å²) in [4.78, 5) is 9.95. The molecule has 0 bridgehead atoms. The van der Waals surface area contributed by atoms with Crippen LogP contribution >= 0.6 is 11.3 Å². The molecule has 3 rings (SSSR count). The van der Waals surface area contributed by atoms with Gasteiger partial charge in [0.25, 0.3) is 0 Å². The van der Waals surface area contributed by atoms with Crippen molar-refractivity contribution in [1.82, 2.24) is 9.97 Å². The lowest BCUT2D eigenvalue weighted by Crippen LogP contribution is -2.07. The molecule has 0 atom stereocenters. The van der Waals surface area contributed by atoms with Gasteiger partial charge in [-0.25, -0.2) is 9.97 Å². The highest BCUT2D eigenvalue weighted by Crippen LogP contribution is 2.35. The Morgan fingerprint density at radius 3 is 2.58 bits per heavy atom. The Morgan fingerprint density at radius 1 is 1.17 bits per heavy atom. The van der Waals surface area contributed by atoms with Crippen molar-refractivity contribution in [3.8, 4) is 5.75 Å². The van der Waals surface area contributed by atoms with Gasteiger partial charge in [-0.15, -0.1) is 11.3 Å². The van der Waals surface area contributed by atoms with Gasteiger partial charge in [-0.05, 0) is 41.3 Å². The zero-order valence-corrected chi connectivity index (χ0v) is 15.0. The number of hydrazone groups is 1. The zero-order valence-electron chi connectivity index (χ0n) is 14.2. The number of anilines is 1. The van der Waals surface area contributed by atoms with E-state index >= 15 is 0 Å². The summed E-state index contributed by atoms with van der Waals surface area (Å²) in [7, 11) is 1.65. The van der Waals surface area contributed by atoms with Crippen LogP contribution in [0.1, 0.15) is 31.2 Å². The Labute approximate surface area is 145 Å². The van der Waals surface area contributed by atoms with E-state index in [9.17, 15) is 0 Å². The molecule has 0 spiro atoms. The predicted octanol–water partition coefficient (Wildman–Crippen LogP) is 4.44. The van der Waals surface area contributed by atoms with Gasteiger partial charge in [0.2, 0.25) is 0 Å². The first kappa shape index (κ1) is 16.4. The number of ether oxygens (including phenoxy) is 1. The van der Waals surface area contributed by atoms with Crippen LogP contribution in [0.2, 0.25) is 0 Å². The maximum atomic E-state index is 5.15. The van der Waals surface area contributed by atoms with Crippen LogP contribution in [0.4, 0.5) is 5.82 Å². The maximum absolute atomic E-state index is 5.15. The number of aromatic nitrogens is 2. The van der Waals surface area contributed by atoms with Gasteiger partial charge in [-0.3, -0.25) is 5.43 Å². The molecular formula is C18H20N4OS. The van der Waals surface area contributed by atoms with E-state index in [1.165, 1.54) is 4.88 Å². The van der Waals surface area contributed by atoms with E-state index in [1.54, 1.807) is 31.0 Å². The van der Waals surface area contributed by atoms with Gasteiger partial charge >= 0.3 is 0 Å². The average Bonchev–Trinajstić information content (AvgIpc) is 3.01. The fourth-order valence-corrected chi connectivity index (χ4v) is 3.27. The van der Waals surface area contributed by atoms with Crippen LogP contribution in [-0.2, 0) is 5.41 Å². The molecule has 0 radical (unpaired) electrons. The SMILES string of the molecule is COc1ccc(/C=N/Nc2ncnc3cc(C(C)(C)C)sc23)cc1. The summed E-state index contributed by atoms with van der Waals surface area (Å²) in [5.41, 5.74) is 5.05. The molecule has 124 valence electrons. The molecule has 0 saturated heterocycles. The smallest absolute Gasteiger partial charge is 0.167 e. The van der Waals surface area contributed by atoms with Crippen molar-refractivity contribution in [1.29, 1.82) is 0 Å². The Kier molecular flexibility index (Phi) is 4.49. The molecule has 1 aromatic carbocycles. The Bertz CT molecular complexity index is 863. The van der Waals surface area contributed by atoms with E-state index in [2.05, 4.69) is 47.3 Å². The molecule has 0 aliphatic heterocycles. The van der Waals surface area contributed by atoms with Crippen molar-refractivity contribution < 1.29 is 4.74 Å². The van der Waals surface area contributed by atoms with Crippen LogP contribution in [0.25, 0.3) is 10.2 Å². The Hall–Kier alpha value is -2.47. The average molecular weight is 340 g/mol. The molecule has 0 aliphatic carbocycles. The van der Waals surface area contributed by atoms with Crippen molar-refractivity contribution in [2.45, 2.75) is 26.2 Å². The summed E-state index contributed by atoms with van der Waals surface area (Å²) in [5, 5.41) is 4.29. The second-order valence-corrected chi connectivity index (χ2v) is 7.49. The number of hydrogen-bond acceptors (Lipinski definition) is 6. The second-order valence-electron chi connectivity index (χ2n) is 6.44. The standard InChI is InChI=1S/C18H20N4OS/c1-18(2,3)15-9-14-16(24-15)17(20-11-19-14)22-21-10-12-5-7-13(23-4)8-6-12/h5-11H,1-4H3,(H,19,20,22)/b21-10+. The molecule has 24 heavy (non-hydrogen) atoms. The van der Waals surface area contributed by atoms with E-state index in [1.807, 2.05) is 24.3 Å². The summed E-state index contributed by atoms with van der Waals surface area (Å²) in [6, 6.07) is 9.82. The first-order chi connectivity index (χ1) is 11.5. The minimum atomic E-state index is 0.0923.